The van der Waals surface area contributed by atoms with Crippen LogP contribution in [0, 0.1) is 0 Å². The molecule has 0 saturated carbocycles. The molecule has 30 heavy (non-hydrogen) atoms. The van der Waals surface area contributed by atoms with Gasteiger partial charge in [-0.3, -0.25) is 9.59 Å². The molecule has 0 aliphatic heterocycles. The first kappa shape index (κ1) is 22.6. The molecule has 1 aliphatic rings. The van der Waals surface area contributed by atoms with Crippen LogP contribution < -0.4 is 9.47 Å². The molecule has 3 rings (SSSR count). The zero-order valence-electron chi connectivity index (χ0n) is 16.3. The number of ether oxygens (including phenoxy) is 4. The molecule has 8 heteroatoms. The number of halogens is 2. The highest BCUT2D eigenvalue weighted by Crippen LogP contribution is 2.37. The number of rotatable bonds is 12. The fraction of sp³-hybridized carbons (Fsp3) is 0.364. The number of hydrogen-bond acceptors (Lipinski definition) is 6. The number of benzene rings is 2. The SMILES string of the molecule is O=C1c2cccc(OCCOCCCl)c2C(=O)c2c(OCCOCCCl)cccc21. The lowest BCUT2D eigenvalue weighted by molar-refractivity contribution is 0.0951. The first-order valence-electron chi connectivity index (χ1n) is 9.57. The Hall–Kier alpha value is -2.12. The summed E-state index contributed by atoms with van der Waals surface area (Å²) in [6.45, 7) is 1.95. The zero-order valence-corrected chi connectivity index (χ0v) is 17.8. The van der Waals surface area contributed by atoms with Gasteiger partial charge in [0.05, 0.1) is 37.6 Å². The van der Waals surface area contributed by atoms with Crippen molar-refractivity contribution >= 4 is 34.8 Å². The van der Waals surface area contributed by atoms with Crippen LogP contribution in [0.15, 0.2) is 36.4 Å². The van der Waals surface area contributed by atoms with Crippen LogP contribution in [-0.4, -0.2) is 63.0 Å². The van der Waals surface area contributed by atoms with Crippen molar-refractivity contribution in [3.05, 3.63) is 58.7 Å². The summed E-state index contributed by atoms with van der Waals surface area (Å²) in [5.41, 5.74) is 1.10. The van der Waals surface area contributed by atoms with Gasteiger partial charge >= 0.3 is 0 Å². The number of hydrogen-bond donors (Lipinski definition) is 0. The molecule has 0 fully saturated rings. The van der Waals surface area contributed by atoms with Crippen LogP contribution in [-0.2, 0) is 9.47 Å². The Bertz CT molecular complexity index is 830. The lowest BCUT2D eigenvalue weighted by Crippen LogP contribution is -2.23. The van der Waals surface area contributed by atoms with Gasteiger partial charge in [0.2, 0.25) is 5.78 Å². The molecule has 0 aromatic heterocycles. The van der Waals surface area contributed by atoms with Crippen molar-refractivity contribution in [1.82, 2.24) is 0 Å². The van der Waals surface area contributed by atoms with Crippen molar-refractivity contribution in [2.75, 3.05) is 51.4 Å². The molecule has 0 bridgehead atoms. The van der Waals surface area contributed by atoms with Crippen LogP contribution in [0.25, 0.3) is 0 Å². The van der Waals surface area contributed by atoms with Gasteiger partial charge in [0.15, 0.2) is 5.78 Å². The van der Waals surface area contributed by atoms with E-state index in [0.29, 0.717) is 60.8 Å². The van der Waals surface area contributed by atoms with E-state index >= 15 is 0 Å². The third kappa shape index (κ3) is 5.13. The maximum Gasteiger partial charge on any atom is 0.201 e. The zero-order chi connectivity index (χ0) is 21.3. The van der Waals surface area contributed by atoms with E-state index in [9.17, 15) is 9.59 Å². The fourth-order valence-corrected chi connectivity index (χ4v) is 3.37. The maximum atomic E-state index is 13.4. The molecule has 1 aliphatic carbocycles. The predicted molar refractivity (Wildman–Crippen MR) is 114 cm³/mol. The standard InChI is InChI=1S/C22H22Cl2O6/c23-7-9-27-11-13-29-17-5-1-3-15-19(17)22(26)20-16(21(15)25)4-2-6-18(20)30-14-12-28-10-8-24/h1-6H,7-14H2. The van der Waals surface area contributed by atoms with Gasteiger partial charge in [-0.2, -0.15) is 0 Å². The highest BCUT2D eigenvalue weighted by Gasteiger charge is 2.34. The Morgan fingerprint density at radius 2 is 1.07 bits per heavy atom. The number of ketones is 2. The summed E-state index contributed by atoms with van der Waals surface area (Å²) in [5.74, 6) is 0.910. The Labute approximate surface area is 185 Å². The molecule has 0 unspecified atom stereocenters. The third-order valence-corrected chi connectivity index (χ3v) is 4.72. The highest BCUT2D eigenvalue weighted by atomic mass is 35.5. The minimum atomic E-state index is -0.311. The second-order valence-corrected chi connectivity index (χ2v) is 7.07. The average Bonchev–Trinajstić information content (AvgIpc) is 2.77. The number of carbonyl (C=O) groups is 2. The van der Waals surface area contributed by atoms with Crippen LogP contribution in [0.5, 0.6) is 11.5 Å². The van der Waals surface area contributed by atoms with Gasteiger partial charge < -0.3 is 18.9 Å². The first-order valence-corrected chi connectivity index (χ1v) is 10.6. The van der Waals surface area contributed by atoms with E-state index in [1.165, 1.54) is 0 Å². The predicted octanol–water partition coefficient (Wildman–Crippen LogP) is 3.73. The summed E-state index contributed by atoms with van der Waals surface area (Å²) in [5, 5.41) is 0. The van der Waals surface area contributed by atoms with Crippen molar-refractivity contribution in [2.45, 2.75) is 0 Å². The molecular weight excluding hydrogens is 431 g/mol. The Balaban J connectivity index is 1.82. The van der Waals surface area contributed by atoms with Gasteiger partial charge in [0.25, 0.3) is 0 Å². The molecule has 0 saturated heterocycles. The summed E-state index contributed by atoms with van der Waals surface area (Å²) < 4.78 is 22.1. The molecule has 0 spiro atoms. The minimum Gasteiger partial charge on any atom is -0.490 e. The van der Waals surface area contributed by atoms with Crippen LogP contribution in [0.1, 0.15) is 31.8 Å². The monoisotopic (exact) mass is 452 g/mol. The maximum absolute atomic E-state index is 13.4. The van der Waals surface area contributed by atoms with Crippen LogP contribution in [0.2, 0.25) is 0 Å². The van der Waals surface area contributed by atoms with E-state index in [4.69, 9.17) is 42.1 Å². The van der Waals surface area contributed by atoms with Crippen LogP contribution in [0.4, 0.5) is 0 Å². The highest BCUT2D eigenvalue weighted by molar-refractivity contribution is 6.30. The molecule has 0 N–H and O–H groups in total. The summed E-state index contributed by atoms with van der Waals surface area (Å²) in [6, 6.07) is 9.98. The first-order chi connectivity index (χ1) is 14.7. The summed E-state index contributed by atoms with van der Waals surface area (Å²) in [4.78, 5) is 26.4. The van der Waals surface area contributed by atoms with Crippen LogP contribution >= 0.6 is 23.2 Å². The van der Waals surface area contributed by atoms with Crippen molar-refractivity contribution < 1.29 is 28.5 Å². The van der Waals surface area contributed by atoms with Crippen LogP contribution in [0.3, 0.4) is 0 Å². The number of carbonyl (C=O) groups excluding carboxylic acids is 2. The summed E-state index contributed by atoms with van der Waals surface area (Å²) in [7, 11) is 0. The molecule has 0 atom stereocenters. The van der Waals surface area contributed by atoms with Crippen molar-refractivity contribution in [3.8, 4) is 11.5 Å². The van der Waals surface area contributed by atoms with Crippen molar-refractivity contribution in [2.24, 2.45) is 0 Å². The topological polar surface area (TPSA) is 71.1 Å². The number of fused-ring (bicyclic) bond motifs is 2. The normalized spacial score (nSPS) is 12.5. The lowest BCUT2D eigenvalue weighted by atomic mass is 9.83. The molecule has 0 radical (unpaired) electrons. The van der Waals surface area contributed by atoms with E-state index < -0.39 is 0 Å². The molecule has 160 valence electrons. The van der Waals surface area contributed by atoms with E-state index in [2.05, 4.69) is 0 Å². The fourth-order valence-electron chi connectivity index (χ4n) is 3.15. The van der Waals surface area contributed by atoms with E-state index in [1.807, 2.05) is 0 Å². The molecule has 0 amide bonds. The van der Waals surface area contributed by atoms with Crippen molar-refractivity contribution in [1.29, 1.82) is 0 Å². The number of alkyl halides is 2. The van der Waals surface area contributed by atoms with Gasteiger partial charge in [-0.15, -0.1) is 23.2 Å². The van der Waals surface area contributed by atoms with E-state index in [-0.39, 0.29) is 35.9 Å². The second-order valence-electron chi connectivity index (χ2n) is 6.32. The van der Waals surface area contributed by atoms with Gasteiger partial charge in [-0.25, -0.2) is 0 Å². The summed E-state index contributed by atoms with van der Waals surface area (Å²) >= 11 is 11.2. The van der Waals surface area contributed by atoms with Gasteiger partial charge in [-0.1, -0.05) is 24.3 Å². The molecule has 2 aromatic rings. The third-order valence-electron chi connectivity index (χ3n) is 4.41. The minimum absolute atomic E-state index is 0.234. The summed E-state index contributed by atoms with van der Waals surface area (Å²) in [6.07, 6.45) is 0. The molecule has 6 nitrogen and oxygen atoms in total. The van der Waals surface area contributed by atoms with Crippen molar-refractivity contribution in [3.63, 3.8) is 0 Å². The second kappa shape index (κ2) is 11.3. The average molecular weight is 453 g/mol. The Morgan fingerprint density at radius 1 is 0.600 bits per heavy atom. The van der Waals surface area contributed by atoms with Gasteiger partial charge in [0, 0.05) is 22.9 Å². The quantitative estimate of drug-likeness (QED) is 0.308. The molecular formula is C22H22Cl2O6. The molecule has 0 heterocycles. The van der Waals surface area contributed by atoms with Gasteiger partial charge in [-0.05, 0) is 12.1 Å². The lowest BCUT2D eigenvalue weighted by Gasteiger charge is -2.22. The van der Waals surface area contributed by atoms with E-state index in [1.54, 1.807) is 36.4 Å². The molecule has 2 aromatic carbocycles. The van der Waals surface area contributed by atoms with Gasteiger partial charge in [0.1, 0.15) is 24.7 Å². The Kier molecular flexibility index (Phi) is 8.51. The van der Waals surface area contributed by atoms with E-state index in [0.717, 1.165) is 0 Å². The smallest absolute Gasteiger partial charge is 0.201 e. The largest absolute Gasteiger partial charge is 0.490 e. The Morgan fingerprint density at radius 3 is 1.50 bits per heavy atom.